The van der Waals surface area contributed by atoms with Gasteiger partial charge in [0, 0.05) is 13.0 Å². The Morgan fingerprint density at radius 2 is 2.12 bits per heavy atom. The van der Waals surface area contributed by atoms with Crippen LogP contribution in [-0.2, 0) is 11.2 Å². The molecule has 1 aliphatic heterocycles. The van der Waals surface area contributed by atoms with Gasteiger partial charge in [-0.1, -0.05) is 19.1 Å². The number of methoxy groups -OCH3 is 1. The van der Waals surface area contributed by atoms with E-state index in [9.17, 15) is 0 Å². The third-order valence-electron chi connectivity index (χ3n) is 2.86. The van der Waals surface area contributed by atoms with Crippen LogP contribution >= 0.6 is 0 Å². The molecule has 1 saturated heterocycles. The Labute approximate surface area is 96.8 Å². The van der Waals surface area contributed by atoms with E-state index in [2.05, 4.69) is 24.4 Å². The van der Waals surface area contributed by atoms with E-state index in [1.807, 2.05) is 12.1 Å². The number of rotatable bonds is 3. The molecule has 0 amide bonds. The fourth-order valence-electron chi connectivity index (χ4n) is 1.84. The van der Waals surface area contributed by atoms with Crippen LogP contribution in [0.4, 0.5) is 0 Å². The number of hydrogen-bond donors (Lipinski definition) is 1. The molecule has 0 aromatic heterocycles. The molecule has 0 radical (unpaired) electrons. The van der Waals surface area contributed by atoms with Gasteiger partial charge in [0.05, 0.1) is 13.7 Å². The predicted molar refractivity (Wildman–Crippen MR) is 63.6 cm³/mol. The summed E-state index contributed by atoms with van der Waals surface area (Å²) in [5.74, 6) is 1.52. The molecular weight excluding hydrogens is 202 g/mol. The minimum Gasteiger partial charge on any atom is -0.497 e. The Balaban J connectivity index is 1.88. The Kier molecular flexibility index (Phi) is 3.80. The number of hydrogen-bond acceptors (Lipinski definition) is 3. The first-order chi connectivity index (χ1) is 7.78. The minimum atomic E-state index is 0.157. The van der Waals surface area contributed by atoms with E-state index in [-0.39, 0.29) is 6.23 Å². The Morgan fingerprint density at radius 1 is 1.38 bits per heavy atom. The van der Waals surface area contributed by atoms with E-state index in [4.69, 9.17) is 9.47 Å². The largest absolute Gasteiger partial charge is 0.497 e. The molecule has 2 atom stereocenters. The van der Waals surface area contributed by atoms with Gasteiger partial charge in [0.15, 0.2) is 0 Å². The summed E-state index contributed by atoms with van der Waals surface area (Å²) in [6.07, 6.45) is 1.07. The van der Waals surface area contributed by atoms with Crippen LogP contribution in [-0.4, -0.2) is 26.5 Å². The van der Waals surface area contributed by atoms with E-state index in [0.717, 1.165) is 25.3 Å². The second-order valence-electron chi connectivity index (χ2n) is 4.39. The monoisotopic (exact) mass is 221 g/mol. The van der Waals surface area contributed by atoms with Crippen LogP contribution in [0.25, 0.3) is 0 Å². The van der Waals surface area contributed by atoms with Gasteiger partial charge in [-0.3, -0.25) is 5.32 Å². The lowest BCUT2D eigenvalue weighted by molar-refractivity contribution is -0.0228. The van der Waals surface area contributed by atoms with Crippen molar-refractivity contribution < 1.29 is 9.47 Å². The summed E-state index contributed by atoms with van der Waals surface area (Å²) in [4.78, 5) is 0. The lowest BCUT2D eigenvalue weighted by Crippen LogP contribution is -2.43. The topological polar surface area (TPSA) is 30.5 Å². The highest BCUT2D eigenvalue weighted by Gasteiger charge is 2.17. The maximum atomic E-state index is 5.71. The molecule has 1 aromatic carbocycles. The quantitative estimate of drug-likeness (QED) is 0.844. The minimum absolute atomic E-state index is 0.157. The molecule has 0 saturated carbocycles. The lowest BCUT2D eigenvalue weighted by Gasteiger charge is -2.28. The standard InChI is InChI=1S/C13H19NO2/c1-10-8-14-13(16-9-10)7-11-3-5-12(15-2)6-4-11/h3-6,10,13-14H,7-9H2,1-2H3. The van der Waals surface area contributed by atoms with Crippen LogP contribution in [0.5, 0.6) is 5.75 Å². The lowest BCUT2D eigenvalue weighted by atomic mass is 10.1. The normalized spacial score (nSPS) is 25.4. The SMILES string of the molecule is COc1ccc(CC2NCC(C)CO2)cc1. The van der Waals surface area contributed by atoms with E-state index in [1.54, 1.807) is 7.11 Å². The predicted octanol–water partition coefficient (Wildman–Crippen LogP) is 1.82. The molecule has 2 rings (SSSR count). The van der Waals surface area contributed by atoms with Crippen molar-refractivity contribution >= 4 is 0 Å². The molecule has 88 valence electrons. The molecule has 1 heterocycles. The maximum Gasteiger partial charge on any atom is 0.118 e. The third kappa shape index (κ3) is 2.97. The van der Waals surface area contributed by atoms with Crippen LogP contribution in [0.3, 0.4) is 0 Å². The summed E-state index contributed by atoms with van der Waals surface area (Å²) in [7, 11) is 1.68. The highest BCUT2D eigenvalue weighted by atomic mass is 16.5. The van der Waals surface area contributed by atoms with Crippen molar-refractivity contribution in [2.45, 2.75) is 19.6 Å². The molecule has 1 N–H and O–H groups in total. The Bertz CT molecular complexity index is 315. The summed E-state index contributed by atoms with van der Waals surface area (Å²) in [5, 5.41) is 3.39. The van der Waals surface area contributed by atoms with Crippen molar-refractivity contribution in [1.82, 2.24) is 5.32 Å². The van der Waals surface area contributed by atoms with Crippen LogP contribution in [0.1, 0.15) is 12.5 Å². The highest BCUT2D eigenvalue weighted by molar-refractivity contribution is 5.27. The molecule has 2 unspecified atom stereocenters. The Hall–Kier alpha value is -1.06. The molecule has 1 aromatic rings. The van der Waals surface area contributed by atoms with E-state index in [0.29, 0.717) is 5.92 Å². The maximum absolute atomic E-state index is 5.71. The molecule has 1 aliphatic rings. The summed E-state index contributed by atoms with van der Waals surface area (Å²) >= 11 is 0. The zero-order valence-electron chi connectivity index (χ0n) is 9.90. The molecule has 0 spiro atoms. The van der Waals surface area contributed by atoms with E-state index < -0.39 is 0 Å². The van der Waals surface area contributed by atoms with Crippen molar-refractivity contribution in [3.05, 3.63) is 29.8 Å². The first kappa shape index (κ1) is 11.4. The summed E-state index contributed by atoms with van der Waals surface area (Å²) in [6.45, 7) is 4.09. The average Bonchev–Trinajstić information content (AvgIpc) is 2.33. The molecule has 1 fully saturated rings. The van der Waals surface area contributed by atoms with Crippen LogP contribution in [0, 0.1) is 5.92 Å². The van der Waals surface area contributed by atoms with Gasteiger partial charge in [0.1, 0.15) is 12.0 Å². The van der Waals surface area contributed by atoms with Gasteiger partial charge in [0.25, 0.3) is 0 Å². The van der Waals surface area contributed by atoms with E-state index >= 15 is 0 Å². The van der Waals surface area contributed by atoms with Crippen molar-refractivity contribution in [3.8, 4) is 5.75 Å². The van der Waals surface area contributed by atoms with E-state index in [1.165, 1.54) is 5.56 Å². The van der Waals surface area contributed by atoms with Gasteiger partial charge in [-0.05, 0) is 23.6 Å². The van der Waals surface area contributed by atoms with Gasteiger partial charge < -0.3 is 9.47 Å². The average molecular weight is 221 g/mol. The van der Waals surface area contributed by atoms with Crippen LogP contribution < -0.4 is 10.1 Å². The van der Waals surface area contributed by atoms with Gasteiger partial charge in [0.2, 0.25) is 0 Å². The van der Waals surface area contributed by atoms with Crippen LogP contribution in [0.15, 0.2) is 24.3 Å². The molecule has 3 heteroatoms. The van der Waals surface area contributed by atoms with Crippen molar-refractivity contribution in [3.63, 3.8) is 0 Å². The zero-order chi connectivity index (χ0) is 11.4. The highest BCUT2D eigenvalue weighted by Crippen LogP contribution is 2.14. The summed E-state index contributed by atoms with van der Waals surface area (Å²) < 4.78 is 10.8. The second-order valence-corrected chi connectivity index (χ2v) is 4.39. The first-order valence-electron chi connectivity index (χ1n) is 5.76. The van der Waals surface area contributed by atoms with Crippen LogP contribution in [0.2, 0.25) is 0 Å². The number of ether oxygens (including phenoxy) is 2. The molecule has 3 nitrogen and oxygen atoms in total. The smallest absolute Gasteiger partial charge is 0.118 e. The third-order valence-corrected chi connectivity index (χ3v) is 2.86. The van der Waals surface area contributed by atoms with Gasteiger partial charge in [-0.2, -0.15) is 0 Å². The van der Waals surface area contributed by atoms with Crippen molar-refractivity contribution in [2.75, 3.05) is 20.3 Å². The zero-order valence-corrected chi connectivity index (χ0v) is 9.90. The Morgan fingerprint density at radius 3 is 2.69 bits per heavy atom. The summed E-state index contributed by atoms with van der Waals surface area (Å²) in [6, 6.07) is 8.14. The van der Waals surface area contributed by atoms with Crippen molar-refractivity contribution in [2.24, 2.45) is 5.92 Å². The molecule has 0 bridgehead atoms. The second kappa shape index (κ2) is 5.32. The molecular formula is C13H19NO2. The molecule has 0 aliphatic carbocycles. The van der Waals surface area contributed by atoms with Crippen molar-refractivity contribution in [1.29, 1.82) is 0 Å². The molecule has 16 heavy (non-hydrogen) atoms. The number of benzene rings is 1. The number of nitrogens with one attached hydrogen (secondary N) is 1. The van der Waals surface area contributed by atoms with Gasteiger partial charge >= 0.3 is 0 Å². The van der Waals surface area contributed by atoms with Gasteiger partial charge in [-0.15, -0.1) is 0 Å². The summed E-state index contributed by atoms with van der Waals surface area (Å²) in [5.41, 5.74) is 1.27. The fourth-order valence-corrected chi connectivity index (χ4v) is 1.84. The van der Waals surface area contributed by atoms with Gasteiger partial charge in [-0.25, -0.2) is 0 Å². The first-order valence-corrected chi connectivity index (χ1v) is 5.76. The fraction of sp³-hybridized carbons (Fsp3) is 0.538.